The third-order valence-corrected chi connectivity index (χ3v) is 2.43. The molecule has 0 rings (SSSR count). The largest absolute Gasteiger partial charge is 0.413 e. The van der Waals surface area contributed by atoms with E-state index in [1.54, 1.807) is 0 Å². The Hall–Kier alpha value is -0.223. The molecular weight excluding hydrogens is 194 g/mol. The van der Waals surface area contributed by atoms with Gasteiger partial charge in [-0.2, -0.15) is 0 Å². The minimum atomic E-state index is -1.56. The van der Waals surface area contributed by atoms with Gasteiger partial charge in [0.05, 0.1) is 12.6 Å². The topological polar surface area (TPSA) is 58.0 Å². The van der Waals surface area contributed by atoms with Gasteiger partial charge in [0.2, 0.25) is 0 Å². The Morgan fingerprint density at radius 1 is 1.58 bits per heavy atom. The van der Waals surface area contributed by atoms with Gasteiger partial charge in [-0.15, -0.1) is 11.6 Å². The van der Waals surface area contributed by atoms with Gasteiger partial charge in [-0.3, -0.25) is 0 Å². The molecule has 6 heteroatoms. The lowest BCUT2D eigenvalue weighted by molar-refractivity contribution is 0.225. The van der Waals surface area contributed by atoms with Gasteiger partial charge in [0.15, 0.2) is 8.32 Å². The smallest absolute Gasteiger partial charge is 0.184 e. The molecule has 0 fully saturated rings. The number of rotatable bonds is 5. The van der Waals surface area contributed by atoms with Crippen molar-refractivity contribution < 1.29 is 4.43 Å². The minimum Gasteiger partial charge on any atom is -0.413 e. The molecule has 0 aliphatic carbocycles. The van der Waals surface area contributed by atoms with Crippen molar-refractivity contribution in [1.82, 2.24) is 0 Å². The van der Waals surface area contributed by atoms with Crippen LogP contribution in [0.25, 0.3) is 10.4 Å². The van der Waals surface area contributed by atoms with E-state index in [9.17, 15) is 0 Å². The molecule has 0 aromatic carbocycles. The van der Waals surface area contributed by atoms with E-state index < -0.39 is 8.32 Å². The highest BCUT2D eigenvalue weighted by atomic mass is 35.5. The van der Waals surface area contributed by atoms with Crippen molar-refractivity contribution in [2.24, 2.45) is 5.11 Å². The fraction of sp³-hybridized carbons (Fsp3) is 1.00. The molecule has 70 valence electrons. The molecule has 0 bridgehead atoms. The van der Waals surface area contributed by atoms with Crippen LogP contribution in [0.5, 0.6) is 0 Å². The van der Waals surface area contributed by atoms with Crippen LogP contribution in [-0.2, 0) is 4.43 Å². The summed E-state index contributed by atoms with van der Waals surface area (Å²) in [5.41, 5.74) is 8.08. The van der Waals surface area contributed by atoms with Crippen molar-refractivity contribution in [3.05, 3.63) is 10.4 Å². The SMILES string of the molecule is C[Si](C)(C)OC(CCl)CN=[N+]=[N-]. The van der Waals surface area contributed by atoms with Crippen LogP contribution in [0.3, 0.4) is 0 Å². The molecule has 0 aromatic heterocycles. The molecule has 0 amide bonds. The maximum atomic E-state index is 8.08. The van der Waals surface area contributed by atoms with Gasteiger partial charge in [0.25, 0.3) is 0 Å². The van der Waals surface area contributed by atoms with E-state index in [1.807, 2.05) is 0 Å². The highest BCUT2D eigenvalue weighted by Gasteiger charge is 2.19. The van der Waals surface area contributed by atoms with Crippen LogP contribution >= 0.6 is 11.6 Å². The van der Waals surface area contributed by atoms with Gasteiger partial charge in [-0.05, 0) is 25.2 Å². The molecule has 0 spiro atoms. The summed E-state index contributed by atoms with van der Waals surface area (Å²) in [6.07, 6.45) is -0.130. The number of hydrogen-bond donors (Lipinski definition) is 0. The van der Waals surface area contributed by atoms with Crippen LogP contribution < -0.4 is 0 Å². The van der Waals surface area contributed by atoms with E-state index in [1.165, 1.54) is 0 Å². The summed E-state index contributed by atoms with van der Waals surface area (Å²) in [6.45, 7) is 6.54. The van der Waals surface area contributed by atoms with Crippen molar-refractivity contribution in [3.63, 3.8) is 0 Å². The first-order valence-electron chi connectivity index (χ1n) is 3.74. The summed E-state index contributed by atoms with van der Waals surface area (Å²) < 4.78 is 5.63. The van der Waals surface area contributed by atoms with Crippen LogP contribution in [-0.4, -0.2) is 26.8 Å². The van der Waals surface area contributed by atoms with E-state index in [2.05, 4.69) is 29.7 Å². The number of azide groups is 1. The van der Waals surface area contributed by atoms with E-state index in [-0.39, 0.29) is 6.10 Å². The van der Waals surface area contributed by atoms with Gasteiger partial charge in [-0.25, -0.2) is 0 Å². The molecule has 1 atom stereocenters. The molecule has 0 saturated heterocycles. The Morgan fingerprint density at radius 2 is 2.17 bits per heavy atom. The van der Waals surface area contributed by atoms with Crippen molar-refractivity contribution in [2.75, 3.05) is 12.4 Å². The summed E-state index contributed by atoms with van der Waals surface area (Å²) in [7, 11) is -1.56. The second kappa shape index (κ2) is 5.43. The van der Waals surface area contributed by atoms with Crippen LogP contribution in [0, 0.1) is 0 Å². The van der Waals surface area contributed by atoms with Gasteiger partial charge in [0.1, 0.15) is 0 Å². The third-order valence-electron chi connectivity index (χ3n) is 1.04. The molecule has 0 aliphatic heterocycles. The number of nitrogens with zero attached hydrogens (tertiary/aromatic N) is 3. The summed E-state index contributed by atoms with van der Waals surface area (Å²) in [6, 6.07) is 0. The van der Waals surface area contributed by atoms with E-state index >= 15 is 0 Å². The summed E-state index contributed by atoms with van der Waals surface area (Å²) >= 11 is 5.62. The Balaban J connectivity index is 3.91. The Kier molecular flexibility index (Phi) is 5.33. The quantitative estimate of drug-likeness (QED) is 0.225. The lowest BCUT2D eigenvalue weighted by Gasteiger charge is -2.23. The monoisotopic (exact) mass is 207 g/mol. The second-order valence-corrected chi connectivity index (χ2v) is 8.19. The fourth-order valence-electron chi connectivity index (χ4n) is 0.745. The molecule has 0 radical (unpaired) electrons. The molecule has 0 saturated carbocycles. The zero-order chi connectivity index (χ0) is 9.61. The Labute approximate surface area is 78.6 Å². The van der Waals surface area contributed by atoms with E-state index in [0.29, 0.717) is 12.4 Å². The predicted molar refractivity (Wildman–Crippen MR) is 53.0 cm³/mol. The number of hydrogen-bond acceptors (Lipinski definition) is 2. The maximum absolute atomic E-state index is 8.08. The molecule has 0 aliphatic rings. The van der Waals surface area contributed by atoms with Gasteiger partial charge < -0.3 is 4.43 Å². The molecule has 12 heavy (non-hydrogen) atoms. The number of alkyl halides is 1. The summed E-state index contributed by atoms with van der Waals surface area (Å²) in [5, 5.41) is 3.42. The molecular formula is C6H14ClN3OSi. The molecule has 4 nitrogen and oxygen atoms in total. The van der Waals surface area contributed by atoms with Crippen LogP contribution in [0.15, 0.2) is 5.11 Å². The van der Waals surface area contributed by atoms with E-state index in [0.717, 1.165) is 0 Å². The van der Waals surface area contributed by atoms with Crippen molar-refractivity contribution in [2.45, 2.75) is 25.7 Å². The fourth-order valence-corrected chi connectivity index (χ4v) is 2.17. The summed E-state index contributed by atoms with van der Waals surface area (Å²) in [4.78, 5) is 2.66. The van der Waals surface area contributed by atoms with Crippen molar-refractivity contribution in [3.8, 4) is 0 Å². The van der Waals surface area contributed by atoms with E-state index in [4.69, 9.17) is 21.6 Å². The van der Waals surface area contributed by atoms with Crippen LogP contribution in [0.4, 0.5) is 0 Å². The Bertz CT molecular complexity index is 176. The maximum Gasteiger partial charge on any atom is 0.184 e. The molecule has 0 aromatic rings. The first kappa shape index (κ1) is 11.8. The van der Waals surface area contributed by atoms with Crippen LogP contribution in [0.1, 0.15) is 0 Å². The number of halogens is 1. The zero-order valence-electron chi connectivity index (χ0n) is 7.62. The van der Waals surface area contributed by atoms with Crippen molar-refractivity contribution >= 4 is 19.9 Å². The third kappa shape index (κ3) is 6.48. The standard InChI is InChI=1S/C6H14ClN3OSi/c1-12(2,3)11-6(4-7)5-9-10-8/h6H,4-5H2,1-3H3. The lowest BCUT2D eigenvalue weighted by Crippen LogP contribution is -2.34. The highest BCUT2D eigenvalue weighted by molar-refractivity contribution is 6.69. The van der Waals surface area contributed by atoms with Gasteiger partial charge in [0, 0.05) is 10.8 Å². The Morgan fingerprint density at radius 3 is 2.50 bits per heavy atom. The second-order valence-electron chi connectivity index (χ2n) is 3.42. The first-order chi connectivity index (χ1) is 5.49. The summed E-state index contributed by atoms with van der Waals surface area (Å²) in [5.74, 6) is 0.378. The molecule has 0 heterocycles. The van der Waals surface area contributed by atoms with Crippen molar-refractivity contribution in [1.29, 1.82) is 0 Å². The lowest BCUT2D eigenvalue weighted by atomic mass is 10.4. The highest BCUT2D eigenvalue weighted by Crippen LogP contribution is 2.08. The van der Waals surface area contributed by atoms with Crippen LogP contribution in [0.2, 0.25) is 19.6 Å². The van der Waals surface area contributed by atoms with Gasteiger partial charge >= 0.3 is 0 Å². The predicted octanol–water partition coefficient (Wildman–Crippen LogP) is 2.76. The zero-order valence-corrected chi connectivity index (χ0v) is 9.38. The average Bonchev–Trinajstić information content (AvgIpc) is 1.95. The first-order valence-corrected chi connectivity index (χ1v) is 7.68. The normalized spacial score (nSPS) is 13.7. The van der Waals surface area contributed by atoms with Gasteiger partial charge in [-0.1, -0.05) is 5.11 Å². The molecule has 0 N–H and O–H groups in total. The minimum absolute atomic E-state index is 0.130. The average molecular weight is 208 g/mol. The molecule has 1 unspecified atom stereocenters.